The fourth-order valence-electron chi connectivity index (χ4n) is 5.18. The summed E-state index contributed by atoms with van der Waals surface area (Å²) < 4.78 is 25.8. The Bertz CT molecular complexity index is 1850. The lowest BCUT2D eigenvalue weighted by Crippen LogP contribution is -2.44. The molecule has 0 atom stereocenters. The van der Waals surface area contributed by atoms with Gasteiger partial charge in [0.2, 0.25) is 0 Å². The summed E-state index contributed by atoms with van der Waals surface area (Å²) in [5.41, 5.74) is 2.96. The van der Waals surface area contributed by atoms with Gasteiger partial charge in [0.25, 0.3) is 0 Å². The van der Waals surface area contributed by atoms with Crippen LogP contribution in [0.15, 0.2) is 54.9 Å². The number of amides is 2. The molecule has 1 aliphatic heterocycles. The minimum Gasteiger partial charge on any atom is -0.493 e. The van der Waals surface area contributed by atoms with Crippen LogP contribution in [-0.4, -0.2) is 84.3 Å². The van der Waals surface area contributed by atoms with Crippen LogP contribution in [0.5, 0.6) is 11.5 Å². The molecular formula is C32H34ClFN8O3S. The third-order valence-corrected chi connectivity index (χ3v) is 9.01. The van der Waals surface area contributed by atoms with Crippen molar-refractivity contribution in [2.45, 2.75) is 13.1 Å². The predicted molar refractivity (Wildman–Crippen MR) is 182 cm³/mol. The van der Waals surface area contributed by atoms with Crippen molar-refractivity contribution >= 4 is 72.4 Å². The number of hydrogen-bond donors (Lipinski definition) is 3. The third-order valence-electron chi connectivity index (χ3n) is 7.71. The number of fused-ring (bicyclic) bond motifs is 2. The van der Waals surface area contributed by atoms with Gasteiger partial charge < -0.3 is 29.9 Å². The van der Waals surface area contributed by atoms with Crippen LogP contribution in [-0.2, 0) is 6.67 Å². The van der Waals surface area contributed by atoms with E-state index in [1.807, 2.05) is 30.3 Å². The molecule has 0 radical (unpaired) electrons. The average molecular weight is 665 g/mol. The molecule has 2 aromatic heterocycles. The van der Waals surface area contributed by atoms with Crippen molar-refractivity contribution < 1.29 is 18.7 Å². The van der Waals surface area contributed by atoms with Gasteiger partial charge in [0.1, 0.15) is 18.8 Å². The molecular weight excluding hydrogens is 631 g/mol. The van der Waals surface area contributed by atoms with Gasteiger partial charge in [0, 0.05) is 66.1 Å². The van der Waals surface area contributed by atoms with Crippen LogP contribution in [0.1, 0.15) is 12.0 Å². The first-order chi connectivity index (χ1) is 22.4. The molecule has 46 heavy (non-hydrogen) atoms. The number of ether oxygens (including phenoxy) is 2. The number of alkyl halides is 1. The van der Waals surface area contributed by atoms with Crippen molar-refractivity contribution in [2.75, 3.05) is 69.4 Å². The number of piperazine rings is 1. The molecule has 11 nitrogen and oxygen atoms in total. The van der Waals surface area contributed by atoms with E-state index in [4.69, 9.17) is 21.1 Å². The summed E-state index contributed by atoms with van der Waals surface area (Å²) in [4.78, 5) is 30.9. The Kier molecular flexibility index (Phi) is 9.93. The zero-order valence-electron chi connectivity index (χ0n) is 25.5. The fourth-order valence-corrected chi connectivity index (χ4v) is 6.25. The van der Waals surface area contributed by atoms with Gasteiger partial charge in [-0.15, -0.1) is 0 Å². The van der Waals surface area contributed by atoms with Gasteiger partial charge in [-0.2, -0.15) is 0 Å². The summed E-state index contributed by atoms with van der Waals surface area (Å²) in [6.45, 7) is 5.23. The highest BCUT2D eigenvalue weighted by atomic mass is 35.5. The molecule has 3 N–H and O–H groups in total. The van der Waals surface area contributed by atoms with E-state index < -0.39 is 12.7 Å². The Morgan fingerprint density at radius 1 is 1.00 bits per heavy atom. The maximum atomic E-state index is 13.1. The number of nitrogens with one attached hydrogen (secondary N) is 3. The molecule has 6 rings (SSSR count). The van der Waals surface area contributed by atoms with Crippen molar-refractivity contribution in [3.05, 3.63) is 65.4 Å². The quantitative estimate of drug-likeness (QED) is 0.131. The minimum absolute atomic E-state index is 0.301. The lowest BCUT2D eigenvalue weighted by Gasteiger charge is -2.32. The van der Waals surface area contributed by atoms with Crippen molar-refractivity contribution in [1.82, 2.24) is 24.8 Å². The highest BCUT2D eigenvalue weighted by molar-refractivity contribution is 7.22. The van der Waals surface area contributed by atoms with E-state index in [1.165, 1.54) is 23.7 Å². The van der Waals surface area contributed by atoms with Crippen LogP contribution in [0.4, 0.5) is 31.5 Å². The maximum absolute atomic E-state index is 13.1. The summed E-state index contributed by atoms with van der Waals surface area (Å²) in [6, 6.07) is 13.6. The highest BCUT2D eigenvalue weighted by Crippen LogP contribution is 2.36. The Labute approximate surface area is 274 Å². The predicted octanol–water partition coefficient (Wildman–Crippen LogP) is 6.77. The molecule has 0 aliphatic carbocycles. The number of rotatable bonds is 11. The summed E-state index contributed by atoms with van der Waals surface area (Å²) >= 11 is 7.29. The van der Waals surface area contributed by atoms with Gasteiger partial charge >= 0.3 is 6.03 Å². The van der Waals surface area contributed by atoms with Crippen molar-refractivity contribution in [1.29, 1.82) is 0 Å². The molecule has 240 valence electrons. The van der Waals surface area contributed by atoms with Gasteiger partial charge in [-0.25, -0.2) is 24.1 Å². The Morgan fingerprint density at radius 2 is 1.83 bits per heavy atom. The number of halogens is 2. The van der Waals surface area contributed by atoms with E-state index >= 15 is 0 Å². The smallest absolute Gasteiger partial charge is 0.325 e. The number of methoxy groups -OCH3 is 1. The summed E-state index contributed by atoms with van der Waals surface area (Å²) in [6.07, 6.45) is 2.44. The first-order valence-corrected chi connectivity index (χ1v) is 16.0. The average Bonchev–Trinajstić information content (AvgIpc) is 3.46. The van der Waals surface area contributed by atoms with Crippen LogP contribution in [0.25, 0.3) is 21.1 Å². The largest absolute Gasteiger partial charge is 0.493 e. The first kappa shape index (κ1) is 31.7. The topological polar surface area (TPSA) is 117 Å². The van der Waals surface area contributed by atoms with Crippen molar-refractivity contribution in [3.63, 3.8) is 0 Å². The molecule has 1 aliphatic rings. The van der Waals surface area contributed by atoms with Crippen LogP contribution < -0.4 is 25.4 Å². The molecule has 14 heteroatoms. The highest BCUT2D eigenvalue weighted by Gasteiger charge is 2.16. The number of hydrogen-bond acceptors (Lipinski definition) is 10. The Hall–Kier alpha value is -4.30. The van der Waals surface area contributed by atoms with E-state index in [0.717, 1.165) is 66.0 Å². The zero-order valence-corrected chi connectivity index (χ0v) is 27.1. The molecule has 5 aromatic rings. The third kappa shape index (κ3) is 7.56. The van der Waals surface area contributed by atoms with Crippen molar-refractivity contribution in [3.8, 4) is 11.5 Å². The second-order valence-electron chi connectivity index (χ2n) is 10.9. The monoisotopic (exact) mass is 664 g/mol. The zero-order chi connectivity index (χ0) is 32.0. The normalized spacial score (nSPS) is 14.0. The minimum atomic E-state index is -0.727. The number of likely N-dealkylation sites (N-methyl/N-ethyl adjacent to an activating group) is 1. The van der Waals surface area contributed by atoms with Gasteiger partial charge in [0.15, 0.2) is 16.6 Å². The first-order valence-electron chi connectivity index (χ1n) is 14.8. The second-order valence-corrected chi connectivity index (χ2v) is 12.4. The molecule has 1 fully saturated rings. The molecule has 0 saturated carbocycles. The fraction of sp³-hybridized carbons (Fsp3) is 0.312. The van der Waals surface area contributed by atoms with Crippen LogP contribution in [0, 0.1) is 0 Å². The number of urea groups is 1. The molecule has 0 bridgehead atoms. The van der Waals surface area contributed by atoms with E-state index in [1.54, 1.807) is 19.2 Å². The van der Waals surface area contributed by atoms with E-state index in [0.29, 0.717) is 45.3 Å². The van der Waals surface area contributed by atoms with E-state index in [-0.39, 0.29) is 0 Å². The number of benzene rings is 3. The van der Waals surface area contributed by atoms with Gasteiger partial charge in [0.05, 0.1) is 29.5 Å². The molecule has 3 heterocycles. The molecule has 0 unspecified atom stereocenters. The van der Waals surface area contributed by atoms with Crippen LogP contribution in [0.3, 0.4) is 0 Å². The number of thiazole rings is 1. The molecule has 0 spiro atoms. The number of aromatic nitrogens is 3. The Balaban J connectivity index is 1.11. The van der Waals surface area contributed by atoms with E-state index in [9.17, 15) is 9.18 Å². The van der Waals surface area contributed by atoms with Crippen LogP contribution in [0.2, 0.25) is 5.02 Å². The standard InChI is InChI=1S/C32H34ClFN8O3S/c1-41-9-11-42(12-10-41)8-3-13-45-28-17-26-23(16-27(28)44-2)30(36-19-35-26)37-22-5-7-25-29(15-22)46-32(39-25)40-31(43)38-21-4-6-24(33)20(14-21)18-34/h4-7,14-17,19H,3,8-13,18H2,1-2H3,(H,35,36,37)(H2,38,39,40,43). The lowest BCUT2D eigenvalue weighted by molar-refractivity contribution is 0.145. The van der Waals surface area contributed by atoms with Gasteiger partial charge in [-0.05, 0) is 55.9 Å². The maximum Gasteiger partial charge on any atom is 0.325 e. The molecule has 3 aromatic carbocycles. The summed E-state index contributed by atoms with van der Waals surface area (Å²) in [7, 11) is 3.78. The Morgan fingerprint density at radius 3 is 2.63 bits per heavy atom. The van der Waals surface area contributed by atoms with Crippen LogP contribution >= 0.6 is 22.9 Å². The molecule has 2 amide bonds. The van der Waals surface area contributed by atoms with Gasteiger partial charge in [-0.3, -0.25) is 5.32 Å². The number of nitrogens with zero attached hydrogens (tertiary/aromatic N) is 5. The summed E-state index contributed by atoms with van der Waals surface area (Å²) in [5, 5.41) is 10.3. The van der Waals surface area contributed by atoms with E-state index in [2.05, 4.69) is 47.7 Å². The number of carbonyl (C=O) groups excluding carboxylic acids is 1. The molecule has 1 saturated heterocycles. The lowest BCUT2D eigenvalue weighted by atomic mass is 10.2. The SMILES string of the molecule is COc1cc2c(Nc3ccc4nc(NC(=O)Nc5ccc(Cl)c(CF)c5)sc4c3)ncnc2cc1OCCCN1CCN(C)CC1. The van der Waals surface area contributed by atoms with Crippen molar-refractivity contribution in [2.24, 2.45) is 0 Å². The summed E-state index contributed by atoms with van der Waals surface area (Å²) in [5.74, 6) is 1.87. The second kappa shape index (κ2) is 14.4. The number of carbonyl (C=O) groups is 1. The number of anilines is 4. The van der Waals surface area contributed by atoms with Gasteiger partial charge in [-0.1, -0.05) is 22.9 Å².